The maximum Gasteiger partial charge on any atom is 0.306 e. The molecule has 6 nitrogen and oxygen atoms in total. The summed E-state index contributed by atoms with van der Waals surface area (Å²) >= 11 is 0. The summed E-state index contributed by atoms with van der Waals surface area (Å²) in [6.45, 7) is 6.52. The van der Waals surface area contributed by atoms with Gasteiger partial charge < -0.3 is 14.2 Å². The number of rotatable bonds is 45. The molecule has 0 aliphatic rings. The third kappa shape index (κ3) is 46.2. The van der Waals surface area contributed by atoms with E-state index in [9.17, 15) is 14.4 Å². The lowest BCUT2D eigenvalue weighted by Gasteiger charge is -2.18. The summed E-state index contributed by atoms with van der Waals surface area (Å²) in [6.07, 6.45) is 59.1. The Morgan fingerprint density at radius 3 is 1.02 bits per heavy atom. The molecule has 0 N–H and O–H groups in total. The molecule has 60 heavy (non-hydrogen) atoms. The first-order chi connectivity index (χ1) is 29.5. The lowest BCUT2D eigenvalue weighted by atomic mass is 10.1. The standard InChI is InChI=1S/C54H94O6/c1-4-7-10-13-16-19-22-25-27-30-32-35-38-41-44-47-53(56)59-50-51(49-58-52(55)46-43-40-37-34-31-28-24-21-18-15-12-9-6-3)60-54(57)48-45-42-39-36-33-29-26-23-20-17-14-11-8-5-2/h14,16-17,19,21,23-27,51H,4-13,15,18,20,22,28-50H2,1-3H3/b17-14-,19-16-,24-21-,26-23-,27-25-/t51-/m1/s1. The average Bonchev–Trinajstić information content (AvgIpc) is 3.24. The summed E-state index contributed by atoms with van der Waals surface area (Å²) < 4.78 is 16.8. The van der Waals surface area contributed by atoms with E-state index < -0.39 is 6.10 Å². The van der Waals surface area contributed by atoms with E-state index in [0.29, 0.717) is 19.3 Å². The van der Waals surface area contributed by atoms with E-state index in [2.05, 4.69) is 81.5 Å². The van der Waals surface area contributed by atoms with Crippen LogP contribution in [0.2, 0.25) is 0 Å². The molecule has 0 fully saturated rings. The normalized spacial score (nSPS) is 12.5. The van der Waals surface area contributed by atoms with Gasteiger partial charge in [-0.05, 0) is 103 Å². The van der Waals surface area contributed by atoms with Crippen molar-refractivity contribution < 1.29 is 28.6 Å². The topological polar surface area (TPSA) is 78.9 Å². The zero-order chi connectivity index (χ0) is 43.7. The first kappa shape index (κ1) is 57.1. The molecule has 0 saturated carbocycles. The summed E-state index contributed by atoms with van der Waals surface area (Å²) in [5.41, 5.74) is 0. The first-order valence-corrected chi connectivity index (χ1v) is 25.3. The summed E-state index contributed by atoms with van der Waals surface area (Å²) in [5, 5.41) is 0. The van der Waals surface area contributed by atoms with Crippen LogP contribution in [0.4, 0.5) is 0 Å². The van der Waals surface area contributed by atoms with Crippen LogP contribution < -0.4 is 0 Å². The monoisotopic (exact) mass is 839 g/mol. The molecule has 0 bridgehead atoms. The average molecular weight is 839 g/mol. The maximum absolute atomic E-state index is 12.8. The summed E-state index contributed by atoms with van der Waals surface area (Å²) in [6, 6.07) is 0. The van der Waals surface area contributed by atoms with Gasteiger partial charge in [0.1, 0.15) is 13.2 Å². The molecule has 0 aliphatic heterocycles. The molecule has 0 rings (SSSR count). The third-order valence-electron chi connectivity index (χ3n) is 10.7. The molecule has 1 atom stereocenters. The number of allylic oxidation sites excluding steroid dienone is 10. The van der Waals surface area contributed by atoms with Crippen molar-refractivity contribution in [1.82, 2.24) is 0 Å². The van der Waals surface area contributed by atoms with Crippen LogP contribution >= 0.6 is 0 Å². The van der Waals surface area contributed by atoms with Crippen LogP contribution in [0.1, 0.15) is 245 Å². The van der Waals surface area contributed by atoms with Gasteiger partial charge in [0, 0.05) is 19.3 Å². The van der Waals surface area contributed by atoms with Crippen LogP contribution in [-0.2, 0) is 28.6 Å². The van der Waals surface area contributed by atoms with Gasteiger partial charge in [0.2, 0.25) is 0 Å². The molecule has 0 heterocycles. The Bertz CT molecular complexity index is 1100. The zero-order valence-electron chi connectivity index (χ0n) is 39.5. The summed E-state index contributed by atoms with van der Waals surface area (Å²) in [4.78, 5) is 37.9. The minimum atomic E-state index is -0.789. The second-order valence-electron chi connectivity index (χ2n) is 16.7. The SMILES string of the molecule is CCCC/C=C\C/C=C\CCCCCCCC(=O)O[C@@H](COC(=O)CCCCCCC/C=C\C/C=C\CCCCC)COC(=O)CCCCCCC/C=C\CCCCCC. The molecule has 346 valence electrons. The smallest absolute Gasteiger partial charge is 0.306 e. The van der Waals surface area contributed by atoms with E-state index >= 15 is 0 Å². The Hall–Kier alpha value is -2.89. The van der Waals surface area contributed by atoms with Gasteiger partial charge >= 0.3 is 17.9 Å². The lowest BCUT2D eigenvalue weighted by Crippen LogP contribution is -2.30. The van der Waals surface area contributed by atoms with Crippen LogP contribution in [0.25, 0.3) is 0 Å². The molecule has 6 heteroatoms. The quantitative estimate of drug-likeness (QED) is 0.0263. The van der Waals surface area contributed by atoms with Crippen molar-refractivity contribution in [1.29, 1.82) is 0 Å². The molecule has 0 aliphatic carbocycles. The third-order valence-corrected chi connectivity index (χ3v) is 10.7. The highest BCUT2D eigenvalue weighted by molar-refractivity contribution is 5.71. The maximum atomic E-state index is 12.8. The van der Waals surface area contributed by atoms with Gasteiger partial charge in [0.25, 0.3) is 0 Å². The van der Waals surface area contributed by atoms with E-state index in [4.69, 9.17) is 14.2 Å². The highest BCUT2D eigenvalue weighted by atomic mass is 16.6. The number of carbonyl (C=O) groups excluding carboxylic acids is 3. The second-order valence-corrected chi connectivity index (χ2v) is 16.7. The Labute approximate surface area is 370 Å². The van der Waals surface area contributed by atoms with Gasteiger partial charge in [-0.25, -0.2) is 0 Å². The van der Waals surface area contributed by atoms with Crippen molar-refractivity contribution in [2.75, 3.05) is 13.2 Å². The molecule has 0 saturated heterocycles. The fourth-order valence-corrected chi connectivity index (χ4v) is 6.83. The molecular formula is C54H94O6. The minimum Gasteiger partial charge on any atom is -0.462 e. The van der Waals surface area contributed by atoms with Crippen LogP contribution in [-0.4, -0.2) is 37.2 Å². The van der Waals surface area contributed by atoms with Gasteiger partial charge in [0.05, 0.1) is 0 Å². The second kappa shape index (κ2) is 48.8. The number of unbranched alkanes of at least 4 members (excludes halogenated alkanes) is 24. The van der Waals surface area contributed by atoms with Crippen LogP contribution in [0.3, 0.4) is 0 Å². The van der Waals surface area contributed by atoms with E-state index in [0.717, 1.165) is 109 Å². The van der Waals surface area contributed by atoms with Gasteiger partial charge in [-0.15, -0.1) is 0 Å². The van der Waals surface area contributed by atoms with Gasteiger partial charge in [-0.2, -0.15) is 0 Å². The largest absolute Gasteiger partial charge is 0.462 e. The van der Waals surface area contributed by atoms with E-state index in [1.165, 1.54) is 96.3 Å². The van der Waals surface area contributed by atoms with Gasteiger partial charge in [-0.1, -0.05) is 184 Å². The lowest BCUT2D eigenvalue weighted by molar-refractivity contribution is -0.167. The van der Waals surface area contributed by atoms with Gasteiger partial charge in [-0.3, -0.25) is 14.4 Å². The number of hydrogen-bond acceptors (Lipinski definition) is 6. The fourth-order valence-electron chi connectivity index (χ4n) is 6.83. The molecule has 0 spiro atoms. The molecule has 0 aromatic carbocycles. The number of esters is 3. The highest BCUT2D eigenvalue weighted by Crippen LogP contribution is 2.13. The van der Waals surface area contributed by atoms with Crippen LogP contribution in [0.15, 0.2) is 60.8 Å². The van der Waals surface area contributed by atoms with E-state index in [-0.39, 0.29) is 31.1 Å². The summed E-state index contributed by atoms with van der Waals surface area (Å²) in [7, 11) is 0. The van der Waals surface area contributed by atoms with Crippen molar-refractivity contribution in [2.24, 2.45) is 0 Å². The Kier molecular flexibility index (Phi) is 46.4. The van der Waals surface area contributed by atoms with Crippen molar-refractivity contribution in [3.05, 3.63) is 60.8 Å². The number of hydrogen-bond donors (Lipinski definition) is 0. The Balaban J connectivity index is 4.44. The highest BCUT2D eigenvalue weighted by Gasteiger charge is 2.19. The molecule has 0 unspecified atom stereocenters. The molecule has 0 radical (unpaired) electrons. The van der Waals surface area contributed by atoms with Crippen molar-refractivity contribution in [3.8, 4) is 0 Å². The zero-order valence-corrected chi connectivity index (χ0v) is 39.5. The van der Waals surface area contributed by atoms with Crippen LogP contribution in [0.5, 0.6) is 0 Å². The number of ether oxygens (including phenoxy) is 3. The predicted molar refractivity (Wildman–Crippen MR) is 256 cm³/mol. The predicted octanol–water partition coefficient (Wildman–Crippen LogP) is 16.5. The van der Waals surface area contributed by atoms with Crippen molar-refractivity contribution in [3.63, 3.8) is 0 Å². The Morgan fingerprint density at radius 2 is 0.617 bits per heavy atom. The summed E-state index contributed by atoms with van der Waals surface area (Å²) in [5.74, 6) is -0.923. The van der Waals surface area contributed by atoms with Crippen molar-refractivity contribution >= 4 is 17.9 Å². The van der Waals surface area contributed by atoms with E-state index in [1.807, 2.05) is 0 Å². The molecule has 0 amide bonds. The number of carbonyl (C=O) groups is 3. The fraction of sp³-hybridized carbons (Fsp3) is 0.759. The van der Waals surface area contributed by atoms with Crippen molar-refractivity contribution in [2.45, 2.75) is 252 Å². The van der Waals surface area contributed by atoms with E-state index in [1.54, 1.807) is 0 Å². The minimum absolute atomic E-state index is 0.0889. The first-order valence-electron chi connectivity index (χ1n) is 25.3. The molecule has 0 aromatic rings. The molecule has 0 aromatic heterocycles. The Morgan fingerprint density at radius 1 is 0.333 bits per heavy atom. The van der Waals surface area contributed by atoms with Crippen LogP contribution in [0, 0.1) is 0 Å². The van der Waals surface area contributed by atoms with Gasteiger partial charge in [0.15, 0.2) is 6.10 Å². The molecular weight excluding hydrogens is 745 g/mol.